The molecular weight excluding hydrogens is 324 g/mol. The third kappa shape index (κ3) is 3.32. The second-order valence-corrected chi connectivity index (χ2v) is 4.88. The highest BCUT2D eigenvalue weighted by molar-refractivity contribution is 6.06. The first-order chi connectivity index (χ1) is 12.1. The number of nitriles is 1. The van der Waals surface area contributed by atoms with Crippen molar-refractivity contribution in [3.63, 3.8) is 0 Å². The predicted molar refractivity (Wildman–Crippen MR) is 85.2 cm³/mol. The highest BCUT2D eigenvalue weighted by Crippen LogP contribution is 2.18. The van der Waals surface area contributed by atoms with Crippen molar-refractivity contribution in [2.75, 3.05) is 5.32 Å². The second-order valence-electron chi connectivity index (χ2n) is 4.88. The molecule has 0 saturated heterocycles. The molecule has 1 aromatic carbocycles. The monoisotopic (exact) mass is 334 g/mol. The van der Waals surface area contributed by atoms with Crippen LogP contribution in [-0.2, 0) is 0 Å². The van der Waals surface area contributed by atoms with Gasteiger partial charge in [-0.1, -0.05) is 0 Å². The van der Waals surface area contributed by atoms with Crippen molar-refractivity contribution >= 4 is 17.6 Å². The molecule has 0 bridgehead atoms. The minimum absolute atomic E-state index is 0.00237. The van der Waals surface area contributed by atoms with Gasteiger partial charge in [0.1, 0.15) is 6.33 Å². The van der Waals surface area contributed by atoms with Crippen LogP contribution in [0.1, 0.15) is 26.4 Å². The van der Waals surface area contributed by atoms with Gasteiger partial charge in [-0.15, -0.1) is 10.2 Å². The number of nitrogens with one attached hydrogen (secondary N) is 1. The fourth-order valence-corrected chi connectivity index (χ4v) is 2.07. The smallest absolute Gasteiger partial charge is 0.337 e. The van der Waals surface area contributed by atoms with E-state index in [4.69, 9.17) is 5.26 Å². The summed E-state index contributed by atoms with van der Waals surface area (Å²) in [7, 11) is 0. The molecule has 0 aliphatic rings. The standard InChI is InChI=1S/C16H10N6O3/c17-8-10-1-2-11(16(24)25)13(7-10)19-15(23)12-3-4-14(21-20-12)22-6-5-18-9-22/h1-7,9H,(H,19,23)(H,24,25). The SMILES string of the molecule is N#Cc1ccc(C(=O)O)c(NC(=O)c2ccc(-n3ccnc3)nn2)c1. The third-order valence-electron chi connectivity index (χ3n) is 3.28. The van der Waals surface area contributed by atoms with Crippen molar-refractivity contribution in [3.05, 3.63) is 65.9 Å². The van der Waals surface area contributed by atoms with Crippen molar-refractivity contribution in [3.8, 4) is 11.9 Å². The van der Waals surface area contributed by atoms with Crippen LogP contribution in [0, 0.1) is 11.3 Å². The van der Waals surface area contributed by atoms with Crippen LogP contribution in [0.3, 0.4) is 0 Å². The van der Waals surface area contributed by atoms with Gasteiger partial charge >= 0.3 is 5.97 Å². The van der Waals surface area contributed by atoms with E-state index >= 15 is 0 Å². The summed E-state index contributed by atoms with van der Waals surface area (Å²) in [5.74, 6) is -1.38. The zero-order chi connectivity index (χ0) is 17.8. The molecule has 0 saturated carbocycles. The normalized spacial score (nSPS) is 10.0. The Morgan fingerprint density at radius 1 is 1.20 bits per heavy atom. The molecule has 2 aromatic heterocycles. The van der Waals surface area contributed by atoms with E-state index in [1.807, 2.05) is 6.07 Å². The Labute approximate surface area is 141 Å². The molecule has 0 spiro atoms. The van der Waals surface area contributed by atoms with Gasteiger partial charge in [-0.05, 0) is 30.3 Å². The molecule has 1 amide bonds. The number of imidazole rings is 1. The fourth-order valence-electron chi connectivity index (χ4n) is 2.07. The number of carbonyl (C=O) groups excluding carboxylic acids is 1. The molecule has 0 unspecified atom stereocenters. The number of rotatable bonds is 4. The Bertz CT molecular complexity index is 974. The summed E-state index contributed by atoms with van der Waals surface area (Å²) in [5.41, 5.74) is 0.108. The molecule has 3 rings (SSSR count). The van der Waals surface area contributed by atoms with E-state index in [1.165, 1.54) is 30.6 Å². The van der Waals surface area contributed by atoms with Gasteiger partial charge in [0.2, 0.25) is 0 Å². The highest BCUT2D eigenvalue weighted by atomic mass is 16.4. The van der Waals surface area contributed by atoms with Crippen molar-refractivity contribution in [1.29, 1.82) is 5.26 Å². The maximum atomic E-state index is 12.3. The third-order valence-corrected chi connectivity index (χ3v) is 3.28. The lowest BCUT2D eigenvalue weighted by Crippen LogP contribution is -2.17. The van der Waals surface area contributed by atoms with E-state index in [1.54, 1.807) is 23.0 Å². The topological polar surface area (TPSA) is 134 Å². The fraction of sp³-hybridized carbons (Fsp3) is 0. The van der Waals surface area contributed by atoms with Gasteiger partial charge < -0.3 is 10.4 Å². The van der Waals surface area contributed by atoms with E-state index in [0.717, 1.165) is 0 Å². The molecular formula is C16H10N6O3. The van der Waals surface area contributed by atoms with Crippen LogP contribution in [0.15, 0.2) is 49.1 Å². The lowest BCUT2D eigenvalue weighted by molar-refractivity contribution is 0.0698. The van der Waals surface area contributed by atoms with Crippen molar-refractivity contribution < 1.29 is 14.7 Å². The van der Waals surface area contributed by atoms with E-state index in [-0.39, 0.29) is 22.5 Å². The van der Waals surface area contributed by atoms with Crippen LogP contribution >= 0.6 is 0 Å². The maximum Gasteiger partial charge on any atom is 0.337 e. The van der Waals surface area contributed by atoms with Crippen molar-refractivity contribution in [2.45, 2.75) is 0 Å². The van der Waals surface area contributed by atoms with Gasteiger partial charge in [0.15, 0.2) is 11.5 Å². The summed E-state index contributed by atoms with van der Waals surface area (Å²) >= 11 is 0. The average Bonchev–Trinajstić information content (AvgIpc) is 3.16. The largest absolute Gasteiger partial charge is 0.478 e. The zero-order valence-corrected chi connectivity index (χ0v) is 12.6. The summed E-state index contributed by atoms with van der Waals surface area (Å²) in [6.45, 7) is 0. The molecule has 2 heterocycles. The first kappa shape index (κ1) is 15.8. The second kappa shape index (κ2) is 6.59. The van der Waals surface area contributed by atoms with E-state index in [9.17, 15) is 14.7 Å². The first-order valence-electron chi connectivity index (χ1n) is 6.99. The van der Waals surface area contributed by atoms with E-state index in [2.05, 4.69) is 20.5 Å². The summed E-state index contributed by atoms with van der Waals surface area (Å²) in [6.07, 6.45) is 4.80. The van der Waals surface area contributed by atoms with Crippen molar-refractivity contribution in [2.24, 2.45) is 0 Å². The Morgan fingerprint density at radius 3 is 2.64 bits per heavy atom. The first-order valence-corrected chi connectivity index (χ1v) is 6.99. The van der Waals surface area contributed by atoms with Gasteiger partial charge in [-0.3, -0.25) is 9.36 Å². The number of amides is 1. The zero-order valence-electron chi connectivity index (χ0n) is 12.6. The summed E-state index contributed by atoms with van der Waals surface area (Å²) in [6, 6.07) is 8.82. The molecule has 0 aliphatic heterocycles. The number of hydrogen-bond acceptors (Lipinski definition) is 6. The molecule has 9 heteroatoms. The lowest BCUT2D eigenvalue weighted by atomic mass is 10.1. The molecule has 25 heavy (non-hydrogen) atoms. The minimum Gasteiger partial charge on any atom is -0.478 e. The van der Waals surface area contributed by atoms with Crippen LogP contribution in [0.25, 0.3) is 5.82 Å². The number of aromatic nitrogens is 4. The van der Waals surface area contributed by atoms with Crippen LogP contribution in [0.4, 0.5) is 5.69 Å². The number of nitrogens with zero attached hydrogens (tertiary/aromatic N) is 5. The number of carboxylic acids is 1. The number of carbonyl (C=O) groups is 2. The van der Waals surface area contributed by atoms with Crippen LogP contribution in [0.2, 0.25) is 0 Å². The van der Waals surface area contributed by atoms with Crippen LogP contribution < -0.4 is 5.32 Å². The number of carboxylic acid groups (broad SMARTS) is 1. The van der Waals surface area contributed by atoms with Gasteiger partial charge in [-0.25, -0.2) is 9.78 Å². The van der Waals surface area contributed by atoms with Crippen molar-refractivity contribution in [1.82, 2.24) is 19.7 Å². The number of hydrogen-bond donors (Lipinski definition) is 2. The molecule has 3 aromatic rings. The maximum absolute atomic E-state index is 12.3. The van der Waals surface area contributed by atoms with Gasteiger partial charge in [0, 0.05) is 12.4 Å². The minimum atomic E-state index is -1.22. The molecule has 0 atom stereocenters. The van der Waals surface area contributed by atoms with Crippen LogP contribution in [0.5, 0.6) is 0 Å². The average molecular weight is 334 g/mol. The molecule has 122 valence electrons. The summed E-state index contributed by atoms with van der Waals surface area (Å²) in [4.78, 5) is 27.4. The quantitative estimate of drug-likeness (QED) is 0.738. The Hall–Kier alpha value is -4.06. The van der Waals surface area contributed by atoms with Gasteiger partial charge in [0.05, 0.1) is 22.9 Å². The Kier molecular flexibility index (Phi) is 4.17. The van der Waals surface area contributed by atoms with Crippen LogP contribution in [-0.4, -0.2) is 36.7 Å². The van der Waals surface area contributed by atoms with Gasteiger partial charge in [0.25, 0.3) is 5.91 Å². The summed E-state index contributed by atoms with van der Waals surface area (Å²) in [5, 5.41) is 28.3. The Balaban J connectivity index is 1.85. The summed E-state index contributed by atoms with van der Waals surface area (Å²) < 4.78 is 1.62. The highest BCUT2D eigenvalue weighted by Gasteiger charge is 2.15. The van der Waals surface area contributed by atoms with Gasteiger partial charge in [-0.2, -0.15) is 5.26 Å². The molecule has 2 N–H and O–H groups in total. The lowest BCUT2D eigenvalue weighted by Gasteiger charge is -2.08. The molecule has 0 aliphatic carbocycles. The van der Waals surface area contributed by atoms with E-state index < -0.39 is 11.9 Å². The molecule has 9 nitrogen and oxygen atoms in total. The number of anilines is 1. The number of aromatic carboxylic acids is 1. The molecule has 0 radical (unpaired) electrons. The Morgan fingerprint density at radius 2 is 2.04 bits per heavy atom. The van der Waals surface area contributed by atoms with E-state index in [0.29, 0.717) is 5.82 Å². The molecule has 0 fully saturated rings. The number of benzene rings is 1. The predicted octanol–water partition coefficient (Wildman–Crippen LogP) is 1.48.